The predicted molar refractivity (Wildman–Crippen MR) is 198 cm³/mol. The first-order valence-electron chi connectivity index (χ1n) is 17.2. The van der Waals surface area contributed by atoms with Crippen molar-refractivity contribution < 1.29 is 28.5 Å². The molecule has 1 fully saturated rings. The van der Waals surface area contributed by atoms with Crippen molar-refractivity contribution in [3.05, 3.63) is 96.5 Å². The van der Waals surface area contributed by atoms with Crippen LogP contribution in [-0.4, -0.2) is 57.5 Å². The van der Waals surface area contributed by atoms with Crippen molar-refractivity contribution >= 4 is 17.4 Å². The number of carbonyl (C=O) groups is 1. The molecular weight excluding hydrogens is 633 g/mol. The van der Waals surface area contributed by atoms with Gasteiger partial charge in [-0.3, -0.25) is 4.40 Å². The molecule has 1 unspecified atom stereocenters. The average molecular weight is 684 g/mol. The molecule has 5 rings (SSSR count). The Morgan fingerprint density at radius 2 is 1.78 bits per heavy atom. The number of aromatic nitrogens is 2. The van der Waals surface area contributed by atoms with Crippen molar-refractivity contribution in [2.75, 3.05) is 24.6 Å². The second kappa shape index (κ2) is 14.8. The lowest BCUT2D eigenvalue weighted by molar-refractivity contribution is -0.160. The quantitative estimate of drug-likeness (QED) is 0.141. The Hall–Kier alpha value is -4.47. The van der Waals surface area contributed by atoms with Crippen LogP contribution < -0.4 is 9.64 Å². The van der Waals surface area contributed by atoms with Crippen LogP contribution in [0.1, 0.15) is 76.7 Å². The number of carboxylic acids is 1. The molecule has 1 aliphatic rings. The summed E-state index contributed by atoms with van der Waals surface area (Å²) in [5, 5.41) is 10.5. The minimum atomic E-state index is -1.20. The highest BCUT2D eigenvalue weighted by atomic mass is 19.1. The summed E-state index contributed by atoms with van der Waals surface area (Å²) in [5.41, 5.74) is 4.49. The average Bonchev–Trinajstić information content (AvgIpc) is 3.48. The van der Waals surface area contributed by atoms with Crippen LogP contribution in [0.15, 0.2) is 74.0 Å². The maximum absolute atomic E-state index is 15.0. The SMILES string of the molecule is C=CCOC1(C)CCN(c2c(C(OC(C)(C)C)C(=O)O)c(C)cc3nc(-c4cccc(-c5cc(F)c(C)cc5O[C@@H](C)CC=C)c4)cn23)CC1. The van der Waals surface area contributed by atoms with Crippen molar-refractivity contribution in [2.45, 2.75) is 91.1 Å². The minimum Gasteiger partial charge on any atom is -0.490 e. The van der Waals surface area contributed by atoms with E-state index in [4.69, 9.17) is 19.2 Å². The second-order valence-electron chi connectivity index (χ2n) is 14.5. The van der Waals surface area contributed by atoms with E-state index in [1.165, 1.54) is 6.07 Å². The van der Waals surface area contributed by atoms with Crippen molar-refractivity contribution in [3.8, 4) is 28.1 Å². The number of fused-ring (bicyclic) bond motifs is 1. The molecule has 2 aromatic carbocycles. The number of carboxylic acid groups (broad SMARTS) is 1. The lowest BCUT2D eigenvalue weighted by Crippen LogP contribution is -2.45. The molecule has 3 heterocycles. The highest BCUT2D eigenvalue weighted by Crippen LogP contribution is 2.40. The van der Waals surface area contributed by atoms with E-state index in [9.17, 15) is 14.3 Å². The normalized spacial score (nSPS) is 15.9. The van der Waals surface area contributed by atoms with Crippen molar-refractivity contribution in [2.24, 2.45) is 0 Å². The van der Waals surface area contributed by atoms with E-state index in [0.29, 0.717) is 59.9 Å². The Balaban J connectivity index is 1.64. The van der Waals surface area contributed by atoms with Gasteiger partial charge in [0, 0.05) is 42.4 Å². The molecule has 1 N–H and O–H groups in total. The van der Waals surface area contributed by atoms with E-state index in [-0.39, 0.29) is 17.5 Å². The Morgan fingerprint density at radius 3 is 2.42 bits per heavy atom. The zero-order valence-electron chi connectivity index (χ0n) is 30.4. The highest BCUT2D eigenvalue weighted by molar-refractivity contribution is 5.80. The zero-order valence-corrected chi connectivity index (χ0v) is 30.4. The Kier molecular flexibility index (Phi) is 10.9. The third kappa shape index (κ3) is 8.11. The Morgan fingerprint density at radius 1 is 1.08 bits per heavy atom. The maximum Gasteiger partial charge on any atom is 0.337 e. The number of pyridine rings is 1. The first kappa shape index (κ1) is 36.8. The molecule has 1 aliphatic heterocycles. The van der Waals surface area contributed by atoms with Crippen LogP contribution in [0.4, 0.5) is 10.2 Å². The first-order chi connectivity index (χ1) is 23.6. The van der Waals surface area contributed by atoms with Gasteiger partial charge in [-0.1, -0.05) is 30.4 Å². The van der Waals surface area contributed by atoms with Gasteiger partial charge in [-0.05, 0) is 102 Å². The molecule has 266 valence electrons. The van der Waals surface area contributed by atoms with Gasteiger partial charge >= 0.3 is 5.97 Å². The third-order valence-electron chi connectivity index (χ3n) is 9.16. The van der Waals surface area contributed by atoms with Gasteiger partial charge in [0.2, 0.25) is 0 Å². The summed E-state index contributed by atoms with van der Waals surface area (Å²) in [6.07, 6.45) is 6.33. The smallest absolute Gasteiger partial charge is 0.337 e. The van der Waals surface area contributed by atoms with Crippen LogP contribution in [0.3, 0.4) is 0 Å². The number of aryl methyl sites for hydroxylation is 2. The molecule has 0 bridgehead atoms. The number of benzene rings is 2. The van der Waals surface area contributed by atoms with Gasteiger partial charge in [0.25, 0.3) is 0 Å². The van der Waals surface area contributed by atoms with E-state index in [1.807, 2.05) is 75.5 Å². The van der Waals surface area contributed by atoms with E-state index < -0.39 is 17.7 Å². The Bertz CT molecular complexity index is 1880. The fourth-order valence-corrected chi connectivity index (χ4v) is 6.54. The molecule has 0 aliphatic carbocycles. The molecule has 0 saturated carbocycles. The molecule has 1 saturated heterocycles. The van der Waals surface area contributed by atoms with E-state index in [2.05, 4.69) is 25.0 Å². The van der Waals surface area contributed by atoms with Crippen LogP contribution in [0.2, 0.25) is 0 Å². The van der Waals surface area contributed by atoms with E-state index in [1.54, 1.807) is 25.1 Å². The van der Waals surface area contributed by atoms with Crippen LogP contribution in [0.25, 0.3) is 28.0 Å². The van der Waals surface area contributed by atoms with Crippen LogP contribution in [0.5, 0.6) is 5.75 Å². The molecule has 8 nitrogen and oxygen atoms in total. The lowest BCUT2D eigenvalue weighted by atomic mass is 9.92. The fourth-order valence-electron chi connectivity index (χ4n) is 6.54. The number of imidazole rings is 1. The van der Waals surface area contributed by atoms with Crippen LogP contribution in [0, 0.1) is 19.7 Å². The summed E-state index contributed by atoms with van der Waals surface area (Å²) in [7, 11) is 0. The third-order valence-corrected chi connectivity index (χ3v) is 9.16. The highest BCUT2D eigenvalue weighted by Gasteiger charge is 2.37. The van der Waals surface area contributed by atoms with Crippen molar-refractivity contribution in [1.29, 1.82) is 0 Å². The van der Waals surface area contributed by atoms with Gasteiger partial charge in [-0.25, -0.2) is 14.2 Å². The van der Waals surface area contributed by atoms with Crippen LogP contribution in [-0.2, 0) is 14.3 Å². The van der Waals surface area contributed by atoms with Gasteiger partial charge < -0.3 is 24.2 Å². The molecule has 0 spiro atoms. The number of aliphatic carboxylic acids is 1. The number of piperidine rings is 1. The largest absolute Gasteiger partial charge is 0.490 e. The molecule has 2 atom stereocenters. The van der Waals surface area contributed by atoms with Crippen molar-refractivity contribution in [1.82, 2.24) is 9.38 Å². The standard InChI is InChI=1S/C41H50FN3O5/c1-10-13-28(5)49-34-21-26(3)32(42)24-31(34)29-14-12-15-30(23-29)33-25-45-35(43-33)22-27(4)36(37(39(46)47)50-40(6,7)8)38(45)44-18-16-41(9,17-19-44)48-20-11-2/h10-12,14-15,21-25,28,37H,1-2,13,16-20H2,3-9H3,(H,46,47)/t28-,37?/m0/s1. The summed E-state index contributed by atoms with van der Waals surface area (Å²) in [6, 6.07) is 13.0. The summed E-state index contributed by atoms with van der Waals surface area (Å²) < 4.78 is 35.6. The molecule has 2 aromatic heterocycles. The number of rotatable bonds is 13. The van der Waals surface area contributed by atoms with E-state index >= 15 is 0 Å². The lowest BCUT2D eigenvalue weighted by Gasteiger charge is -2.41. The molecular formula is C41H50FN3O5. The van der Waals surface area contributed by atoms with Gasteiger partial charge in [0.1, 0.15) is 23.0 Å². The maximum atomic E-state index is 15.0. The number of hydrogen-bond donors (Lipinski definition) is 1. The number of halogens is 1. The summed E-state index contributed by atoms with van der Waals surface area (Å²) in [4.78, 5) is 20.1. The Labute approximate surface area is 295 Å². The molecule has 9 heteroatoms. The van der Waals surface area contributed by atoms with Gasteiger partial charge in [-0.15, -0.1) is 13.2 Å². The minimum absolute atomic E-state index is 0.133. The monoisotopic (exact) mass is 683 g/mol. The molecule has 4 aromatic rings. The molecule has 50 heavy (non-hydrogen) atoms. The summed E-state index contributed by atoms with van der Waals surface area (Å²) in [6.45, 7) is 22.7. The number of hydrogen-bond acceptors (Lipinski definition) is 6. The number of ether oxygens (including phenoxy) is 3. The number of anilines is 1. The van der Waals surface area contributed by atoms with Crippen LogP contribution >= 0.6 is 0 Å². The molecule has 0 amide bonds. The topological polar surface area (TPSA) is 85.5 Å². The van der Waals surface area contributed by atoms with Gasteiger partial charge in [0.15, 0.2) is 6.10 Å². The fraction of sp³-hybridized carbons (Fsp3) is 0.415. The zero-order chi connectivity index (χ0) is 36.4. The number of nitrogens with zero attached hydrogens (tertiary/aromatic N) is 3. The van der Waals surface area contributed by atoms with Gasteiger partial charge in [-0.2, -0.15) is 0 Å². The second-order valence-corrected chi connectivity index (χ2v) is 14.5. The predicted octanol–water partition coefficient (Wildman–Crippen LogP) is 9.27. The summed E-state index contributed by atoms with van der Waals surface area (Å²) >= 11 is 0. The summed E-state index contributed by atoms with van der Waals surface area (Å²) in [5.74, 6) is -0.0309. The first-order valence-corrected chi connectivity index (χ1v) is 17.2. The van der Waals surface area contributed by atoms with E-state index in [0.717, 1.165) is 35.3 Å². The molecule has 0 radical (unpaired) electrons. The van der Waals surface area contributed by atoms with Crippen molar-refractivity contribution in [3.63, 3.8) is 0 Å². The van der Waals surface area contributed by atoms with Gasteiger partial charge in [0.05, 0.1) is 29.6 Å².